The number of hydrogen-bond donors (Lipinski definition) is 4. The largest absolute Gasteiger partial charge is 0.355 e. The van der Waals surface area contributed by atoms with Crippen LogP contribution < -0.4 is 21.9 Å². The van der Waals surface area contributed by atoms with E-state index < -0.39 is 0 Å². The van der Waals surface area contributed by atoms with Crippen LogP contribution in [-0.4, -0.2) is 48.7 Å². The Morgan fingerprint density at radius 2 is 2.15 bits per heavy atom. The van der Waals surface area contributed by atoms with E-state index in [9.17, 15) is 4.79 Å². The number of nitrogens with one attached hydrogen (secondary N) is 3. The van der Waals surface area contributed by atoms with Crippen molar-refractivity contribution in [1.82, 2.24) is 35.0 Å². The second kappa shape index (κ2) is 6.38. The molecule has 106 valence electrons. The number of hydrazine groups is 1. The second-order valence-corrected chi connectivity index (χ2v) is 3.57. The van der Waals surface area contributed by atoms with Crippen LogP contribution in [0.15, 0.2) is 12.7 Å². The van der Waals surface area contributed by atoms with Gasteiger partial charge in [-0.3, -0.25) is 10.2 Å². The number of amides is 1. The monoisotopic (exact) mass is 278 g/mol. The Labute approximate surface area is 114 Å². The molecule has 5 N–H and O–H groups in total. The van der Waals surface area contributed by atoms with Crippen LogP contribution >= 0.6 is 0 Å². The summed E-state index contributed by atoms with van der Waals surface area (Å²) in [6, 6.07) is 0. The maximum atomic E-state index is 11.4. The lowest BCUT2D eigenvalue weighted by Gasteiger charge is -2.08. The predicted octanol–water partition coefficient (Wildman–Crippen LogP) is -1.71. The third kappa shape index (κ3) is 3.35. The van der Waals surface area contributed by atoms with E-state index in [0.717, 1.165) is 0 Å². The van der Waals surface area contributed by atoms with Crippen LogP contribution in [-0.2, 0) is 4.79 Å². The standard InChI is InChI=1S/C9H14N10O/c1-2-12-6(20)3-13-7-15-8(18-10)17-9(16-7)19-5-11-4-14-19/h4-5H,2-3,10H2,1H3,(H,12,20)(H2,13,15,16,17,18). The molecule has 0 saturated heterocycles. The summed E-state index contributed by atoms with van der Waals surface area (Å²) >= 11 is 0. The molecule has 0 aromatic carbocycles. The normalized spacial score (nSPS) is 10.1. The van der Waals surface area contributed by atoms with Gasteiger partial charge >= 0.3 is 0 Å². The molecule has 2 heterocycles. The molecule has 20 heavy (non-hydrogen) atoms. The van der Waals surface area contributed by atoms with Crippen LogP contribution in [0, 0.1) is 0 Å². The van der Waals surface area contributed by atoms with Gasteiger partial charge in [0.25, 0.3) is 5.95 Å². The molecule has 0 spiro atoms. The van der Waals surface area contributed by atoms with Crippen molar-refractivity contribution in [2.45, 2.75) is 6.92 Å². The molecular formula is C9H14N10O. The molecule has 0 unspecified atom stereocenters. The summed E-state index contributed by atoms with van der Waals surface area (Å²) in [7, 11) is 0. The van der Waals surface area contributed by atoms with Gasteiger partial charge in [0.2, 0.25) is 17.8 Å². The van der Waals surface area contributed by atoms with E-state index in [2.05, 4.69) is 41.1 Å². The van der Waals surface area contributed by atoms with Gasteiger partial charge in [-0.15, -0.1) is 0 Å². The molecule has 11 nitrogen and oxygen atoms in total. The fourth-order valence-electron chi connectivity index (χ4n) is 1.34. The van der Waals surface area contributed by atoms with E-state index in [1.165, 1.54) is 17.3 Å². The number of hydrogen-bond acceptors (Lipinski definition) is 9. The van der Waals surface area contributed by atoms with Gasteiger partial charge in [0.15, 0.2) is 0 Å². The minimum absolute atomic E-state index is 0.0403. The average Bonchev–Trinajstić information content (AvgIpc) is 2.99. The zero-order chi connectivity index (χ0) is 14.4. The van der Waals surface area contributed by atoms with Gasteiger partial charge in [0, 0.05) is 6.54 Å². The molecule has 2 rings (SSSR count). The quantitative estimate of drug-likeness (QED) is 0.357. The summed E-state index contributed by atoms with van der Waals surface area (Å²) < 4.78 is 1.35. The van der Waals surface area contributed by atoms with Crippen LogP contribution in [0.3, 0.4) is 0 Å². The summed E-state index contributed by atoms with van der Waals surface area (Å²) in [5, 5.41) is 9.33. The number of nitrogens with two attached hydrogens (primary N) is 1. The number of rotatable bonds is 6. The van der Waals surface area contributed by atoms with E-state index in [0.29, 0.717) is 6.54 Å². The minimum Gasteiger partial charge on any atom is -0.355 e. The molecule has 0 fully saturated rings. The summed E-state index contributed by atoms with van der Waals surface area (Å²) in [6.07, 6.45) is 2.78. The van der Waals surface area contributed by atoms with Crippen molar-refractivity contribution >= 4 is 17.8 Å². The van der Waals surface area contributed by atoms with E-state index in [1.54, 1.807) is 0 Å². The highest BCUT2D eigenvalue weighted by atomic mass is 16.1. The summed E-state index contributed by atoms with van der Waals surface area (Å²) in [4.78, 5) is 27.3. The molecule has 0 aliphatic heterocycles. The number of nitrogen functional groups attached to an aromatic ring is 1. The smallest absolute Gasteiger partial charge is 0.258 e. The highest BCUT2D eigenvalue weighted by molar-refractivity contribution is 5.80. The Morgan fingerprint density at radius 1 is 1.35 bits per heavy atom. The second-order valence-electron chi connectivity index (χ2n) is 3.57. The Balaban J connectivity index is 2.16. The number of carbonyl (C=O) groups is 1. The molecule has 0 aliphatic rings. The molecule has 11 heteroatoms. The number of aromatic nitrogens is 6. The van der Waals surface area contributed by atoms with Crippen LogP contribution in [0.25, 0.3) is 5.95 Å². The van der Waals surface area contributed by atoms with Crippen molar-refractivity contribution in [3.8, 4) is 5.95 Å². The van der Waals surface area contributed by atoms with E-state index in [1.807, 2.05) is 6.92 Å². The van der Waals surface area contributed by atoms with Crippen LogP contribution in [0.1, 0.15) is 6.92 Å². The van der Waals surface area contributed by atoms with Gasteiger partial charge in [-0.25, -0.2) is 10.8 Å². The van der Waals surface area contributed by atoms with E-state index in [-0.39, 0.29) is 30.3 Å². The Morgan fingerprint density at radius 3 is 2.80 bits per heavy atom. The zero-order valence-electron chi connectivity index (χ0n) is 10.7. The third-order valence-corrected chi connectivity index (χ3v) is 2.16. The Bertz CT molecular complexity index is 568. The number of anilines is 2. The van der Waals surface area contributed by atoms with Crippen molar-refractivity contribution in [2.24, 2.45) is 5.84 Å². The maximum absolute atomic E-state index is 11.4. The van der Waals surface area contributed by atoms with Crippen molar-refractivity contribution in [1.29, 1.82) is 0 Å². The van der Waals surface area contributed by atoms with E-state index >= 15 is 0 Å². The fourth-order valence-corrected chi connectivity index (χ4v) is 1.34. The Kier molecular flexibility index (Phi) is 4.34. The Hall–Kier alpha value is -2.82. The summed E-state index contributed by atoms with van der Waals surface area (Å²) in [5.74, 6) is 5.69. The molecule has 2 aromatic heterocycles. The van der Waals surface area contributed by atoms with Gasteiger partial charge in [0.1, 0.15) is 12.7 Å². The first-order chi connectivity index (χ1) is 9.72. The van der Waals surface area contributed by atoms with Crippen molar-refractivity contribution in [3.63, 3.8) is 0 Å². The predicted molar refractivity (Wildman–Crippen MR) is 69.7 cm³/mol. The molecule has 0 bridgehead atoms. The first kappa shape index (κ1) is 13.6. The van der Waals surface area contributed by atoms with Crippen molar-refractivity contribution < 1.29 is 4.79 Å². The van der Waals surface area contributed by atoms with Gasteiger partial charge in [-0.2, -0.15) is 24.7 Å². The van der Waals surface area contributed by atoms with Gasteiger partial charge < -0.3 is 10.6 Å². The molecule has 0 aliphatic carbocycles. The number of carbonyl (C=O) groups excluding carboxylic acids is 1. The third-order valence-electron chi connectivity index (χ3n) is 2.16. The van der Waals surface area contributed by atoms with Crippen LogP contribution in [0.5, 0.6) is 0 Å². The highest BCUT2D eigenvalue weighted by Crippen LogP contribution is 2.06. The molecule has 0 atom stereocenters. The van der Waals surface area contributed by atoms with Gasteiger partial charge in [-0.05, 0) is 6.92 Å². The van der Waals surface area contributed by atoms with E-state index in [4.69, 9.17) is 5.84 Å². The lowest BCUT2D eigenvalue weighted by atomic mass is 10.5. The first-order valence-corrected chi connectivity index (χ1v) is 5.81. The van der Waals surface area contributed by atoms with Crippen LogP contribution in [0.4, 0.5) is 11.9 Å². The number of nitrogens with zero attached hydrogens (tertiary/aromatic N) is 6. The molecule has 2 aromatic rings. The lowest BCUT2D eigenvalue weighted by molar-refractivity contribution is -0.119. The molecule has 0 saturated carbocycles. The average molecular weight is 278 g/mol. The summed E-state index contributed by atoms with van der Waals surface area (Å²) in [6.45, 7) is 2.43. The lowest BCUT2D eigenvalue weighted by Crippen LogP contribution is -2.30. The van der Waals surface area contributed by atoms with Gasteiger partial charge in [-0.1, -0.05) is 0 Å². The molecule has 1 amide bonds. The minimum atomic E-state index is -0.169. The maximum Gasteiger partial charge on any atom is 0.258 e. The molecular weight excluding hydrogens is 264 g/mol. The van der Waals surface area contributed by atoms with Crippen LogP contribution in [0.2, 0.25) is 0 Å². The molecule has 0 radical (unpaired) electrons. The van der Waals surface area contributed by atoms with Crippen molar-refractivity contribution in [2.75, 3.05) is 23.8 Å². The van der Waals surface area contributed by atoms with Gasteiger partial charge in [0.05, 0.1) is 6.54 Å². The zero-order valence-corrected chi connectivity index (χ0v) is 10.7. The van der Waals surface area contributed by atoms with Crippen molar-refractivity contribution in [3.05, 3.63) is 12.7 Å². The first-order valence-electron chi connectivity index (χ1n) is 5.81. The number of likely N-dealkylation sites (N-methyl/N-ethyl adjacent to an activating group) is 1. The summed E-state index contributed by atoms with van der Waals surface area (Å²) in [5.41, 5.74) is 2.32. The SMILES string of the molecule is CCNC(=O)CNc1nc(NN)nc(-n2cncn2)n1. The topological polar surface area (TPSA) is 149 Å². The highest BCUT2D eigenvalue weighted by Gasteiger charge is 2.09. The fraction of sp³-hybridized carbons (Fsp3) is 0.333.